The third-order valence-electron chi connectivity index (χ3n) is 11.3. The molecule has 0 bridgehead atoms. The molecule has 1 aliphatic carbocycles. The number of alkyl halides is 7. The van der Waals surface area contributed by atoms with Crippen LogP contribution in [0.4, 0.5) is 37.7 Å². The van der Waals surface area contributed by atoms with Crippen LogP contribution >= 0.6 is 30.8 Å². The number of nitro benzene ring substituents is 1. The molecule has 4 aromatic carbocycles. The fraction of sp³-hybridized carbons (Fsp3) is 0.418. The Kier molecular flexibility index (Phi) is 30.8. The van der Waals surface area contributed by atoms with Crippen LogP contribution in [0.1, 0.15) is 101 Å². The first-order chi connectivity index (χ1) is 40.7. The number of aromatic nitrogens is 1. The number of aryl methyl sites for hydroxylation is 2. The highest BCUT2D eigenvalue weighted by molar-refractivity contribution is 7.94. The number of carbonyl (C=O) groups is 5. The second-order valence-corrected chi connectivity index (χ2v) is 25.8. The number of nitro groups is 1. The third kappa shape index (κ3) is 25.5. The standard InChI is InChI=1S/C19H15ClF3NO7.C15H22ClNO2.C15H12F3NO4S.C3H8NO5P.C3H9S/c1-3-29-17(25)10(2)30-18(26)13-9-12(5-6-15(13)24(27)28)31-16-7-4-11(8-14(16)20)19(21,22)23;1-5-13-8-6-7-11(2)15(13)17(14(18)9-16)12(3)10-19-4;1-24(21,22)12-6-9(15(16,17)18)4-5-10(12)13(20)11-7-19-23-14(11)8-2-3-8;5-3(6)1-4-2-10(7,8)9;1-4(2)3/h4-10H,3H2,1-2H3;6-8,12H,5,9-10H2,1-4H3;4-8H,2-3H2,1H3;4H,1-2H2,(H,5,6)(H2,7,8,9);1-3H3/q;;;;+1/p-1. The van der Waals surface area contributed by atoms with Crippen molar-refractivity contribution < 1.29 is 107 Å². The Bertz CT molecular complexity index is 3380. The zero-order chi connectivity index (χ0) is 67.2. The van der Waals surface area contributed by atoms with Crippen molar-refractivity contribution in [3.05, 3.63) is 139 Å². The van der Waals surface area contributed by atoms with Crippen LogP contribution in [0.5, 0.6) is 11.5 Å². The van der Waals surface area contributed by atoms with E-state index in [0.29, 0.717) is 41.5 Å². The number of carbonyl (C=O) groups excluding carboxylic acids is 4. The van der Waals surface area contributed by atoms with Crippen LogP contribution in [-0.4, -0.2) is 134 Å². The van der Waals surface area contributed by atoms with E-state index in [1.54, 1.807) is 18.9 Å². The number of halogens is 8. The number of nitrogens with one attached hydrogen (secondary N) is 1. The number of anilines is 1. The number of hydrogen-bond donors (Lipinski definition) is 3. The summed E-state index contributed by atoms with van der Waals surface area (Å²) < 4.78 is 136. The van der Waals surface area contributed by atoms with E-state index in [9.17, 15) is 78.3 Å². The fourth-order valence-corrected chi connectivity index (χ4v) is 8.99. The minimum atomic E-state index is -4.71. The number of carboxylic acids is 1. The minimum Gasteiger partial charge on any atom is -0.778 e. The molecule has 33 heteroatoms. The van der Waals surface area contributed by atoms with Gasteiger partial charge in [0, 0.05) is 37.0 Å². The summed E-state index contributed by atoms with van der Waals surface area (Å²) in [5, 5.41) is 24.4. The molecule has 1 fully saturated rings. The highest BCUT2D eigenvalue weighted by Gasteiger charge is 2.37. The number of esters is 2. The molecule has 3 N–H and O–H groups in total. The predicted molar refractivity (Wildman–Crippen MR) is 313 cm³/mol. The molecule has 0 radical (unpaired) electrons. The van der Waals surface area contributed by atoms with Gasteiger partial charge in [0.1, 0.15) is 30.5 Å². The number of hydrogen-bond acceptors (Lipinski definition) is 18. The van der Waals surface area contributed by atoms with E-state index in [1.165, 1.54) is 13.1 Å². The molecule has 1 aromatic heterocycles. The molecule has 0 aliphatic heterocycles. The van der Waals surface area contributed by atoms with Crippen molar-refractivity contribution in [2.75, 3.05) is 69.0 Å². The number of benzene rings is 4. The lowest BCUT2D eigenvalue weighted by Crippen LogP contribution is -2.43. The lowest BCUT2D eigenvalue weighted by molar-refractivity contribution is -0.385. The van der Waals surface area contributed by atoms with Gasteiger partial charge in [0.05, 0.1) is 94.3 Å². The van der Waals surface area contributed by atoms with Crippen molar-refractivity contribution in [2.45, 2.75) is 89.2 Å². The van der Waals surface area contributed by atoms with Crippen LogP contribution in [0.3, 0.4) is 0 Å². The monoisotopic (exact) mass is 1350 g/mol. The lowest BCUT2D eigenvalue weighted by Gasteiger charge is -2.31. The number of sulfone groups is 1. The van der Waals surface area contributed by atoms with E-state index in [0.717, 1.165) is 78.7 Å². The molecular formula is C55H65Cl2F6N4O18PS2. The van der Waals surface area contributed by atoms with Gasteiger partial charge in [0.2, 0.25) is 5.91 Å². The molecule has 1 heterocycles. The van der Waals surface area contributed by atoms with Crippen molar-refractivity contribution in [1.29, 1.82) is 0 Å². The molecule has 1 aliphatic rings. The molecule has 486 valence electrons. The molecule has 3 unspecified atom stereocenters. The number of nitrogens with zero attached hydrogens (tertiary/aromatic N) is 3. The Hall–Kier alpha value is -6.63. The topological polar surface area (TPSA) is 321 Å². The maximum absolute atomic E-state index is 12.8. The van der Waals surface area contributed by atoms with E-state index in [2.05, 4.69) is 36.9 Å². The van der Waals surface area contributed by atoms with Crippen LogP contribution in [-0.2, 0) is 72.7 Å². The summed E-state index contributed by atoms with van der Waals surface area (Å²) in [6.45, 7) is 8.89. The SMILES string of the molecule is CCOC(=O)C(C)OC(=O)c1cc(Oc2ccc(C(F)(F)F)cc2Cl)ccc1[N+](=O)[O-].CCc1cccc(C)c1N(C(=O)CCl)C(C)COC.CS(=O)(=O)c1cc(C(F)(F)F)ccc1C(=O)c1cnoc1C1CC1.C[S+](C)C.O=C(O)CNCP(=O)([O-])O. The summed E-state index contributed by atoms with van der Waals surface area (Å²) in [6, 6.07) is 13.5. The normalized spacial score (nSPS) is 13.4. The van der Waals surface area contributed by atoms with Gasteiger partial charge in [0.15, 0.2) is 27.5 Å². The molecule has 0 saturated heterocycles. The van der Waals surface area contributed by atoms with E-state index < -0.39 is 105 Å². The largest absolute Gasteiger partial charge is 0.778 e. The van der Waals surface area contributed by atoms with E-state index in [1.807, 2.05) is 31.3 Å². The summed E-state index contributed by atoms with van der Waals surface area (Å²) in [7, 11) is -6.11. The average Bonchev–Trinajstić information content (AvgIpc) is 2.10. The van der Waals surface area contributed by atoms with Crippen molar-refractivity contribution in [3.8, 4) is 11.5 Å². The van der Waals surface area contributed by atoms with Crippen molar-refractivity contribution in [3.63, 3.8) is 0 Å². The van der Waals surface area contributed by atoms with E-state index in [-0.39, 0.29) is 58.0 Å². The lowest BCUT2D eigenvalue weighted by atomic mass is 10.0. The zero-order valence-electron chi connectivity index (χ0n) is 48.9. The number of para-hydroxylation sites is 1. The first kappa shape index (κ1) is 77.5. The zero-order valence-corrected chi connectivity index (χ0v) is 53.0. The summed E-state index contributed by atoms with van der Waals surface area (Å²) >= 11 is 11.6. The number of ether oxygens (including phenoxy) is 4. The van der Waals surface area contributed by atoms with Gasteiger partial charge in [0.25, 0.3) is 5.69 Å². The van der Waals surface area contributed by atoms with Gasteiger partial charge < -0.3 is 47.8 Å². The van der Waals surface area contributed by atoms with Gasteiger partial charge in [-0.1, -0.05) is 41.9 Å². The molecule has 1 amide bonds. The maximum atomic E-state index is 12.8. The Morgan fingerprint density at radius 1 is 0.943 bits per heavy atom. The van der Waals surface area contributed by atoms with Crippen molar-refractivity contribution in [2.24, 2.45) is 0 Å². The van der Waals surface area contributed by atoms with Gasteiger partial charge in [-0.05, 0) is 111 Å². The number of amides is 1. The van der Waals surface area contributed by atoms with Crippen LogP contribution in [0.2, 0.25) is 5.02 Å². The molecule has 3 atom stereocenters. The average molecular weight is 1350 g/mol. The molecule has 1 saturated carbocycles. The van der Waals surface area contributed by atoms with Crippen LogP contribution in [0, 0.1) is 17.0 Å². The minimum absolute atomic E-state index is 0.0223. The van der Waals surface area contributed by atoms with Gasteiger partial charge in [-0.25, -0.2) is 18.0 Å². The quantitative estimate of drug-likeness (QED) is 0.00898. The van der Waals surface area contributed by atoms with Gasteiger partial charge in [-0.3, -0.25) is 29.8 Å². The highest BCUT2D eigenvalue weighted by atomic mass is 35.5. The summed E-state index contributed by atoms with van der Waals surface area (Å²) in [4.78, 5) is 88.1. The van der Waals surface area contributed by atoms with Crippen LogP contribution < -0.4 is 19.8 Å². The molecule has 88 heavy (non-hydrogen) atoms. The van der Waals surface area contributed by atoms with Gasteiger partial charge >= 0.3 is 30.3 Å². The smallest absolute Gasteiger partial charge is 0.416 e. The van der Waals surface area contributed by atoms with E-state index >= 15 is 0 Å². The first-order valence-electron chi connectivity index (χ1n) is 25.7. The van der Waals surface area contributed by atoms with E-state index in [4.69, 9.17) is 56.7 Å². The second kappa shape index (κ2) is 34.9. The highest BCUT2D eigenvalue weighted by Crippen LogP contribution is 2.43. The molecule has 22 nitrogen and oxygen atoms in total. The first-order valence-corrected chi connectivity index (χ1v) is 32.8. The fourth-order valence-electron chi connectivity index (χ4n) is 7.34. The molecular weight excluding hydrogens is 1280 g/mol. The predicted octanol–water partition coefficient (Wildman–Crippen LogP) is 10.2. The number of ketones is 1. The summed E-state index contributed by atoms with van der Waals surface area (Å²) in [6.07, 6.45) is -0.334. The Morgan fingerprint density at radius 3 is 2.02 bits per heavy atom. The number of rotatable bonds is 21. The molecule has 5 aromatic rings. The van der Waals surface area contributed by atoms with Crippen molar-refractivity contribution in [1.82, 2.24) is 10.5 Å². The van der Waals surface area contributed by atoms with Crippen molar-refractivity contribution >= 4 is 92.5 Å². The maximum Gasteiger partial charge on any atom is 0.416 e. The van der Waals surface area contributed by atoms with Crippen LogP contribution in [0.25, 0.3) is 0 Å². The molecule has 0 spiro atoms. The number of methoxy groups -OCH3 is 1. The number of carboxylic acid groups (broad SMARTS) is 1. The van der Waals surface area contributed by atoms with Crippen LogP contribution in [0.15, 0.2) is 88.4 Å². The number of aliphatic carboxylic acids is 1. The van der Waals surface area contributed by atoms with Gasteiger partial charge in [-0.15, -0.1) is 11.6 Å². The third-order valence-corrected chi connectivity index (χ3v) is 13.6. The Labute approximate surface area is 515 Å². The summed E-state index contributed by atoms with van der Waals surface area (Å²) in [5.74, 6) is -3.96. The molecule has 6 rings (SSSR count). The van der Waals surface area contributed by atoms with Gasteiger partial charge in [-0.2, -0.15) is 26.3 Å². The Balaban J connectivity index is 0.000000414. The Morgan fingerprint density at radius 2 is 1.53 bits per heavy atom. The second-order valence-electron chi connectivity index (χ2n) is 19.1. The summed E-state index contributed by atoms with van der Waals surface area (Å²) in [5.41, 5.74) is -0.327.